The first-order chi connectivity index (χ1) is 15.1. The van der Waals surface area contributed by atoms with Crippen LogP contribution in [-0.2, 0) is 17.0 Å². The largest absolute Gasteiger partial charge is 0.436 e. The van der Waals surface area contributed by atoms with Gasteiger partial charge in [0.2, 0.25) is 5.91 Å². The number of amides is 1. The first-order valence-electron chi connectivity index (χ1n) is 10.3. The molecule has 1 saturated heterocycles. The molecule has 0 spiro atoms. The lowest BCUT2D eigenvalue weighted by Crippen LogP contribution is -2.40. The topological polar surface area (TPSA) is 79.5 Å². The van der Waals surface area contributed by atoms with Crippen molar-refractivity contribution in [1.29, 1.82) is 0 Å². The summed E-state index contributed by atoms with van der Waals surface area (Å²) in [4.78, 5) is 23.5. The van der Waals surface area contributed by atoms with Crippen LogP contribution in [0.1, 0.15) is 30.7 Å². The summed E-state index contributed by atoms with van der Waals surface area (Å²) in [5, 5.41) is 10.9. The SMILES string of the molecule is O=C(CCc1oc(SCc2ccccn2)nc1-c1ccc(Cl)cc1)N1CCC(O)CC1. The van der Waals surface area contributed by atoms with Crippen LogP contribution < -0.4 is 0 Å². The van der Waals surface area contributed by atoms with Crippen LogP contribution in [0.2, 0.25) is 5.02 Å². The van der Waals surface area contributed by atoms with Gasteiger partial charge in [0, 0.05) is 48.5 Å². The Balaban J connectivity index is 1.48. The van der Waals surface area contributed by atoms with Gasteiger partial charge >= 0.3 is 0 Å². The number of hydrogen-bond acceptors (Lipinski definition) is 6. The van der Waals surface area contributed by atoms with Crippen molar-refractivity contribution in [3.8, 4) is 11.3 Å². The molecule has 0 unspecified atom stereocenters. The van der Waals surface area contributed by atoms with Gasteiger partial charge in [0.05, 0.1) is 11.8 Å². The summed E-state index contributed by atoms with van der Waals surface area (Å²) in [5.74, 6) is 1.42. The Labute approximate surface area is 190 Å². The smallest absolute Gasteiger partial charge is 0.256 e. The number of halogens is 1. The molecule has 3 heterocycles. The van der Waals surface area contributed by atoms with Crippen LogP contribution in [0.3, 0.4) is 0 Å². The Kier molecular flexibility index (Phi) is 7.27. The molecule has 1 aliphatic heterocycles. The number of thioether (sulfide) groups is 1. The van der Waals surface area contributed by atoms with Crippen molar-refractivity contribution in [1.82, 2.24) is 14.9 Å². The van der Waals surface area contributed by atoms with Gasteiger partial charge in [0.25, 0.3) is 5.22 Å². The Morgan fingerprint density at radius 1 is 1.19 bits per heavy atom. The summed E-state index contributed by atoms with van der Waals surface area (Å²) in [7, 11) is 0. The Hall–Kier alpha value is -2.35. The van der Waals surface area contributed by atoms with Crippen LogP contribution in [0.15, 0.2) is 58.3 Å². The van der Waals surface area contributed by atoms with Crippen LogP contribution in [0.5, 0.6) is 0 Å². The minimum absolute atomic E-state index is 0.0769. The fraction of sp³-hybridized carbons (Fsp3) is 0.348. The molecule has 162 valence electrons. The van der Waals surface area contributed by atoms with E-state index in [0.717, 1.165) is 17.0 Å². The quantitative estimate of drug-likeness (QED) is 0.522. The highest BCUT2D eigenvalue weighted by molar-refractivity contribution is 7.98. The van der Waals surface area contributed by atoms with E-state index in [2.05, 4.69) is 4.98 Å². The van der Waals surface area contributed by atoms with Crippen molar-refractivity contribution in [3.63, 3.8) is 0 Å². The molecule has 1 amide bonds. The first kappa shape index (κ1) is 21.9. The summed E-state index contributed by atoms with van der Waals surface area (Å²) in [6.45, 7) is 1.21. The number of carbonyl (C=O) groups is 1. The highest BCUT2D eigenvalue weighted by atomic mass is 35.5. The third kappa shape index (κ3) is 5.87. The molecule has 0 radical (unpaired) electrons. The molecule has 31 heavy (non-hydrogen) atoms. The Bertz CT molecular complexity index is 1000. The number of aromatic nitrogens is 2. The number of pyridine rings is 1. The molecular weight excluding hydrogens is 434 g/mol. The van der Waals surface area contributed by atoms with E-state index >= 15 is 0 Å². The van der Waals surface area contributed by atoms with Gasteiger partial charge in [-0.3, -0.25) is 9.78 Å². The van der Waals surface area contributed by atoms with Crippen molar-refractivity contribution in [2.24, 2.45) is 0 Å². The molecule has 1 N–H and O–H groups in total. The fourth-order valence-electron chi connectivity index (χ4n) is 3.51. The van der Waals surface area contributed by atoms with Crippen molar-refractivity contribution >= 4 is 29.3 Å². The van der Waals surface area contributed by atoms with Crippen LogP contribution in [0, 0.1) is 0 Å². The van der Waals surface area contributed by atoms with E-state index in [1.807, 2.05) is 47.4 Å². The number of piperidine rings is 1. The molecule has 1 aliphatic rings. The average molecular weight is 458 g/mol. The van der Waals surface area contributed by atoms with Crippen LogP contribution in [0.4, 0.5) is 0 Å². The van der Waals surface area contributed by atoms with Gasteiger partial charge in [-0.15, -0.1) is 0 Å². The van der Waals surface area contributed by atoms with Crippen molar-refractivity contribution in [3.05, 3.63) is 65.1 Å². The van der Waals surface area contributed by atoms with Gasteiger partial charge in [0.1, 0.15) is 11.5 Å². The molecule has 8 heteroatoms. The van der Waals surface area contributed by atoms with Crippen molar-refractivity contribution in [2.45, 2.75) is 42.8 Å². The van der Waals surface area contributed by atoms with Gasteiger partial charge < -0.3 is 14.4 Å². The minimum atomic E-state index is -0.298. The molecule has 1 fully saturated rings. The summed E-state index contributed by atoms with van der Waals surface area (Å²) in [5.41, 5.74) is 2.59. The minimum Gasteiger partial charge on any atom is -0.436 e. The summed E-state index contributed by atoms with van der Waals surface area (Å²) >= 11 is 7.52. The molecule has 0 saturated carbocycles. The van der Waals surface area contributed by atoms with E-state index in [1.165, 1.54) is 11.8 Å². The maximum atomic E-state index is 12.6. The van der Waals surface area contributed by atoms with E-state index in [9.17, 15) is 9.90 Å². The molecule has 6 nitrogen and oxygen atoms in total. The highest BCUT2D eigenvalue weighted by Gasteiger charge is 2.23. The van der Waals surface area contributed by atoms with E-state index in [4.69, 9.17) is 21.0 Å². The summed E-state index contributed by atoms with van der Waals surface area (Å²) in [6, 6.07) is 13.3. The molecule has 3 aromatic rings. The number of aryl methyl sites for hydroxylation is 1. The van der Waals surface area contributed by atoms with Gasteiger partial charge in [-0.1, -0.05) is 41.6 Å². The fourth-order valence-corrected chi connectivity index (χ4v) is 4.39. The van der Waals surface area contributed by atoms with Gasteiger partial charge in [-0.25, -0.2) is 4.98 Å². The lowest BCUT2D eigenvalue weighted by Gasteiger charge is -2.29. The third-order valence-corrected chi connectivity index (χ3v) is 6.36. The number of benzene rings is 1. The number of hydrogen-bond donors (Lipinski definition) is 1. The molecule has 2 aromatic heterocycles. The van der Waals surface area contributed by atoms with Gasteiger partial charge in [-0.05, 0) is 37.1 Å². The zero-order valence-corrected chi connectivity index (χ0v) is 18.6. The number of oxazole rings is 1. The van der Waals surface area contributed by atoms with Crippen molar-refractivity contribution < 1.29 is 14.3 Å². The molecule has 1 aromatic carbocycles. The first-order valence-corrected chi connectivity index (χ1v) is 11.7. The molecule has 0 atom stereocenters. The number of aliphatic hydroxyl groups excluding tert-OH is 1. The number of nitrogens with zero attached hydrogens (tertiary/aromatic N) is 3. The molecule has 0 bridgehead atoms. The van der Waals surface area contributed by atoms with Crippen LogP contribution in [0.25, 0.3) is 11.3 Å². The zero-order chi connectivity index (χ0) is 21.6. The third-order valence-electron chi connectivity index (χ3n) is 5.25. The highest BCUT2D eigenvalue weighted by Crippen LogP contribution is 2.31. The van der Waals surface area contributed by atoms with E-state index in [0.29, 0.717) is 60.5 Å². The number of aliphatic hydroxyl groups is 1. The molecular formula is C23H24ClN3O3S. The van der Waals surface area contributed by atoms with Gasteiger partial charge in [-0.2, -0.15) is 0 Å². The standard InChI is InChI=1S/C23H24ClN3O3S/c24-17-6-4-16(5-7-17)22-20(8-9-21(29)27-13-10-19(28)11-14-27)30-23(26-22)31-15-18-3-1-2-12-25-18/h1-7,12,19,28H,8-11,13-15H2. The van der Waals surface area contributed by atoms with E-state index < -0.39 is 0 Å². The second-order valence-electron chi connectivity index (χ2n) is 7.48. The molecule has 0 aliphatic carbocycles. The maximum Gasteiger partial charge on any atom is 0.256 e. The van der Waals surface area contributed by atoms with Gasteiger partial charge in [0.15, 0.2) is 0 Å². The number of carbonyl (C=O) groups excluding carboxylic acids is 1. The number of likely N-dealkylation sites (tertiary alicyclic amines) is 1. The zero-order valence-electron chi connectivity index (χ0n) is 17.0. The summed E-state index contributed by atoms with van der Waals surface area (Å²) in [6.07, 6.45) is 3.55. The average Bonchev–Trinajstić information content (AvgIpc) is 3.21. The predicted octanol–water partition coefficient (Wildman–Crippen LogP) is 4.60. The molecule has 4 rings (SSSR count). The van der Waals surface area contributed by atoms with E-state index in [-0.39, 0.29) is 12.0 Å². The Morgan fingerprint density at radius 3 is 2.68 bits per heavy atom. The van der Waals surface area contributed by atoms with E-state index in [1.54, 1.807) is 6.20 Å². The van der Waals surface area contributed by atoms with Crippen LogP contribution >= 0.6 is 23.4 Å². The second kappa shape index (κ2) is 10.3. The normalized spacial score (nSPS) is 14.7. The summed E-state index contributed by atoms with van der Waals surface area (Å²) < 4.78 is 6.06. The Morgan fingerprint density at radius 2 is 1.97 bits per heavy atom. The second-order valence-corrected chi connectivity index (χ2v) is 8.84. The predicted molar refractivity (Wildman–Crippen MR) is 121 cm³/mol. The maximum absolute atomic E-state index is 12.6. The monoisotopic (exact) mass is 457 g/mol. The lowest BCUT2D eigenvalue weighted by molar-refractivity contribution is -0.133. The van der Waals surface area contributed by atoms with Crippen molar-refractivity contribution in [2.75, 3.05) is 13.1 Å². The lowest BCUT2D eigenvalue weighted by atomic mass is 10.1. The van der Waals surface area contributed by atoms with Crippen LogP contribution in [-0.4, -0.2) is 45.1 Å². The number of rotatable bonds is 7.